The minimum absolute atomic E-state index is 0.0879. The summed E-state index contributed by atoms with van der Waals surface area (Å²) in [6.45, 7) is 3.37. The van der Waals surface area contributed by atoms with E-state index in [2.05, 4.69) is 10.3 Å². The normalized spacial score (nSPS) is 28.8. The second-order valence-electron chi connectivity index (χ2n) is 7.31. The molecular weight excluding hydrogens is 316 g/mol. The molecule has 132 valence electrons. The van der Waals surface area contributed by atoms with Crippen molar-refractivity contribution in [3.8, 4) is 5.69 Å². The van der Waals surface area contributed by atoms with Crippen molar-refractivity contribution in [1.29, 1.82) is 0 Å². The summed E-state index contributed by atoms with van der Waals surface area (Å²) in [6, 6.07) is 9.64. The molecule has 1 saturated heterocycles. The van der Waals surface area contributed by atoms with Gasteiger partial charge in [0.05, 0.1) is 17.5 Å². The number of rotatable bonds is 3. The zero-order chi connectivity index (χ0) is 17.4. The monoisotopic (exact) mass is 340 g/mol. The van der Waals surface area contributed by atoms with Crippen LogP contribution in [0, 0.1) is 11.8 Å². The summed E-state index contributed by atoms with van der Waals surface area (Å²) in [5.41, 5.74) is 0.617. The van der Waals surface area contributed by atoms with E-state index in [0.29, 0.717) is 24.7 Å². The van der Waals surface area contributed by atoms with E-state index in [1.807, 2.05) is 42.2 Å². The highest BCUT2D eigenvalue weighted by atomic mass is 16.3. The number of aromatic nitrogens is 3. The van der Waals surface area contributed by atoms with Crippen LogP contribution in [-0.4, -0.2) is 49.6 Å². The van der Waals surface area contributed by atoms with E-state index < -0.39 is 5.60 Å². The van der Waals surface area contributed by atoms with Crippen molar-refractivity contribution in [1.82, 2.24) is 19.9 Å². The summed E-state index contributed by atoms with van der Waals surface area (Å²) in [5, 5.41) is 19.1. The quantitative estimate of drug-likeness (QED) is 0.930. The summed E-state index contributed by atoms with van der Waals surface area (Å²) in [6.07, 6.45) is 5.41. The van der Waals surface area contributed by atoms with Gasteiger partial charge in [0.2, 0.25) is 0 Å². The first-order valence-electron chi connectivity index (χ1n) is 9.10. The van der Waals surface area contributed by atoms with Crippen molar-refractivity contribution in [2.24, 2.45) is 11.8 Å². The van der Waals surface area contributed by atoms with Crippen LogP contribution in [0.15, 0.2) is 36.5 Å². The molecule has 0 bridgehead atoms. The smallest absolute Gasteiger partial charge is 0.276 e. The van der Waals surface area contributed by atoms with Crippen molar-refractivity contribution in [2.75, 3.05) is 13.1 Å². The van der Waals surface area contributed by atoms with Crippen molar-refractivity contribution >= 4 is 5.91 Å². The molecule has 1 amide bonds. The fourth-order valence-corrected chi connectivity index (χ4v) is 4.46. The Morgan fingerprint density at radius 2 is 2.12 bits per heavy atom. The maximum Gasteiger partial charge on any atom is 0.276 e. The largest absolute Gasteiger partial charge is 0.390 e. The third-order valence-corrected chi connectivity index (χ3v) is 5.95. The number of hydrogen-bond acceptors (Lipinski definition) is 4. The lowest BCUT2D eigenvalue weighted by Crippen LogP contribution is -2.44. The van der Waals surface area contributed by atoms with Gasteiger partial charge < -0.3 is 10.0 Å². The minimum Gasteiger partial charge on any atom is -0.390 e. The van der Waals surface area contributed by atoms with E-state index >= 15 is 0 Å². The number of nitrogens with zero attached hydrogens (tertiary/aromatic N) is 4. The zero-order valence-electron chi connectivity index (χ0n) is 14.5. The molecule has 6 nitrogen and oxygen atoms in total. The van der Waals surface area contributed by atoms with Gasteiger partial charge in [-0.2, -0.15) is 0 Å². The molecule has 4 rings (SSSR count). The number of hydrogen-bond donors (Lipinski definition) is 1. The number of para-hydroxylation sites is 1. The molecule has 1 aromatic heterocycles. The Bertz CT molecular complexity index is 760. The number of aliphatic hydroxyl groups is 1. The van der Waals surface area contributed by atoms with E-state index in [1.54, 1.807) is 10.9 Å². The van der Waals surface area contributed by atoms with Gasteiger partial charge in [-0.1, -0.05) is 36.8 Å². The first-order chi connectivity index (χ1) is 12.1. The molecule has 6 heteroatoms. The molecule has 1 aliphatic heterocycles. The van der Waals surface area contributed by atoms with Crippen molar-refractivity contribution in [2.45, 2.75) is 38.2 Å². The van der Waals surface area contributed by atoms with Gasteiger partial charge in [0.25, 0.3) is 5.91 Å². The third-order valence-electron chi connectivity index (χ3n) is 5.95. The van der Waals surface area contributed by atoms with Crippen LogP contribution >= 0.6 is 0 Å². The standard InChI is InChI=1S/C19H24N4O2/c1-2-19(25)10-6-7-14-11-22(12-16(14)19)18(24)17-13-23(21-20-17)15-8-4-3-5-9-15/h3-5,8-9,13-14,16,25H,2,6-7,10-12H2,1H3/t14-,16+,19-/m0/s1. The van der Waals surface area contributed by atoms with Gasteiger partial charge in [-0.25, -0.2) is 4.68 Å². The number of likely N-dealkylation sites (tertiary alicyclic amines) is 1. The first-order valence-corrected chi connectivity index (χ1v) is 9.10. The number of carbonyl (C=O) groups is 1. The molecule has 2 heterocycles. The Labute approximate surface area is 147 Å². The summed E-state index contributed by atoms with van der Waals surface area (Å²) in [7, 11) is 0. The molecule has 25 heavy (non-hydrogen) atoms. The molecule has 1 N–H and O–H groups in total. The van der Waals surface area contributed by atoms with Gasteiger partial charge in [-0.15, -0.1) is 5.10 Å². The van der Waals surface area contributed by atoms with Crippen molar-refractivity contribution < 1.29 is 9.90 Å². The van der Waals surface area contributed by atoms with Gasteiger partial charge in [0, 0.05) is 19.0 Å². The SMILES string of the molecule is CC[C@]1(O)CCC[C@H]2CN(C(=O)c3cn(-c4ccccc4)nn3)C[C@H]21. The summed E-state index contributed by atoms with van der Waals surface area (Å²) in [4.78, 5) is 14.7. The van der Waals surface area contributed by atoms with Gasteiger partial charge in [-0.05, 0) is 37.3 Å². The highest BCUT2D eigenvalue weighted by Gasteiger charge is 2.49. The predicted molar refractivity (Wildman–Crippen MR) is 93.3 cm³/mol. The zero-order valence-corrected chi connectivity index (χ0v) is 14.5. The average Bonchev–Trinajstić information content (AvgIpc) is 3.30. The number of benzene rings is 1. The Kier molecular flexibility index (Phi) is 4.07. The second-order valence-corrected chi connectivity index (χ2v) is 7.31. The highest BCUT2D eigenvalue weighted by Crippen LogP contribution is 2.44. The molecule has 2 aromatic rings. The molecule has 1 aliphatic carbocycles. The van der Waals surface area contributed by atoms with E-state index in [9.17, 15) is 9.90 Å². The van der Waals surface area contributed by atoms with Crippen LogP contribution in [0.3, 0.4) is 0 Å². The second kappa shape index (κ2) is 6.26. The minimum atomic E-state index is -0.625. The van der Waals surface area contributed by atoms with E-state index in [0.717, 1.165) is 31.4 Å². The first kappa shape index (κ1) is 16.3. The molecule has 2 fully saturated rings. The fourth-order valence-electron chi connectivity index (χ4n) is 4.46. The molecule has 1 aromatic carbocycles. The topological polar surface area (TPSA) is 71.2 Å². The van der Waals surface area contributed by atoms with Crippen LogP contribution in [0.25, 0.3) is 5.69 Å². The molecule has 0 spiro atoms. The maximum absolute atomic E-state index is 12.9. The fraction of sp³-hybridized carbons (Fsp3) is 0.526. The van der Waals surface area contributed by atoms with Crippen LogP contribution in [0.5, 0.6) is 0 Å². The Morgan fingerprint density at radius 3 is 2.88 bits per heavy atom. The third kappa shape index (κ3) is 2.84. The molecule has 3 atom stereocenters. The van der Waals surface area contributed by atoms with Crippen LogP contribution < -0.4 is 0 Å². The summed E-state index contributed by atoms with van der Waals surface area (Å²) < 4.78 is 1.62. The lowest BCUT2D eigenvalue weighted by molar-refractivity contribution is -0.0609. The predicted octanol–water partition coefficient (Wildman–Crippen LogP) is 2.28. The summed E-state index contributed by atoms with van der Waals surface area (Å²) in [5.74, 6) is 0.487. The molecule has 2 aliphatic rings. The average molecular weight is 340 g/mol. The van der Waals surface area contributed by atoms with Crippen LogP contribution in [0.1, 0.15) is 43.1 Å². The molecule has 1 saturated carbocycles. The number of fused-ring (bicyclic) bond motifs is 1. The van der Waals surface area contributed by atoms with Crippen LogP contribution in [0.2, 0.25) is 0 Å². The van der Waals surface area contributed by atoms with Gasteiger partial charge in [-0.3, -0.25) is 4.79 Å². The Morgan fingerprint density at radius 1 is 1.32 bits per heavy atom. The Balaban J connectivity index is 1.52. The summed E-state index contributed by atoms with van der Waals surface area (Å²) >= 11 is 0. The Hall–Kier alpha value is -2.21. The molecule has 0 unspecified atom stereocenters. The lowest BCUT2D eigenvalue weighted by atomic mass is 9.69. The van der Waals surface area contributed by atoms with E-state index in [-0.39, 0.29) is 11.8 Å². The van der Waals surface area contributed by atoms with Crippen molar-refractivity contribution in [3.63, 3.8) is 0 Å². The number of carbonyl (C=O) groups excluding carboxylic acids is 1. The maximum atomic E-state index is 12.9. The van der Waals surface area contributed by atoms with Gasteiger partial charge in [0.15, 0.2) is 5.69 Å². The highest BCUT2D eigenvalue weighted by molar-refractivity contribution is 5.92. The molecule has 0 radical (unpaired) electrons. The van der Waals surface area contributed by atoms with Gasteiger partial charge >= 0.3 is 0 Å². The van der Waals surface area contributed by atoms with Crippen molar-refractivity contribution in [3.05, 3.63) is 42.2 Å². The van der Waals surface area contributed by atoms with E-state index in [4.69, 9.17) is 0 Å². The number of amides is 1. The molecular formula is C19H24N4O2. The lowest BCUT2D eigenvalue weighted by Gasteiger charge is -2.40. The van der Waals surface area contributed by atoms with Gasteiger partial charge in [0.1, 0.15) is 0 Å². The van der Waals surface area contributed by atoms with Crippen LogP contribution in [0.4, 0.5) is 0 Å². The van der Waals surface area contributed by atoms with Crippen LogP contribution in [-0.2, 0) is 0 Å². The van der Waals surface area contributed by atoms with E-state index in [1.165, 1.54) is 0 Å².